The monoisotopic (exact) mass is 386 g/mol. The van der Waals surface area contributed by atoms with Gasteiger partial charge in [0.15, 0.2) is 5.17 Å². The van der Waals surface area contributed by atoms with E-state index in [1.54, 1.807) is 42.5 Å². The zero-order valence-corrected chi connectivity index (χ0v) is 14.8. The van der Waals surface area contributed by atoms with Gasteiger partial charge in [0, 0.05) is 0 Å². The molecule has 1 fully saturated rings. The molecule has 2 N–H and O–H groups in total. The average molecular weight is 386 g/mol. The van der Waals surface area contributed by atoms with Crippen LogP contribution in [0.5, 0.6) is 5.75 Å². The highest BCUT2D eigenvalue weighted by molar-refractivity contribution is 8.18. The third-order valence-corrected chi connectivity index (χ3v) is 4.40. The van der Waals surface area contributed by atoms with E-state index in [9.17, 15) is 14.0 Å². The van der Waals surface area contributed by atoms with Crippen LogP contribution in [0, 0.1) is 5.82 Å². The number of carbonyl (C=O) groups excluding carboxylic acids is 1. The fourth-order valence-corrected chi connectivity index (χ4v) is 3.03. The second-order valence-electron chi connectivity index (χ2n) is 5.49. The van der Waals surface area contributed by atoms with Crippen molar-refractivity contribution in [3.8, 4) is 5.75 Å². The number of rotatable bonds is 6. The maximum absolute atomic E-state index is 13.7. The van der Waals surface area contributed by atoms with Crippen molar-refractivity contribution in [1.82, 2.24) is 5.32 Å². The zero-order valence-electron chi connectivity index (χ0n) is 14.0. The second-order valence-corrected chi connectivity index (χ2v) is 6.53. The maximum atomic E-state index is 13.7. The molecule has 0 saturated carbocycles. The van der Waals surface area contributed by atoms with Gasteiger partial charge in [0.2, 0.25) is 0 Å². The SMILES string of the molecule is O=C(O)CCOc1ccc(/C=C2\SC(=Nc3ccccc3F)NC2=O)cc1. The highest BCUT2D eigenvalue weighted by Crippen LogP contribution is 2.29. The molecule has 1 heterocycles. The molecule has 0 aromatic heterocycles. The molecule has 2 aromatic rings. The van der Waals surface area contributed by atoms with E-state index in [1.807, 2.05) is 0 Å². The van der Waals surface area contributed by atoms with Gasteiger partial charge < -0.3 is 15.2 Å². The first-order valence-corrected chi connectivity index (χ1v) is 8.82. The Morgan fingerprint density at radius 2 is 1.96 bits per heavy atom. The van der Waals surface area contributed by atoms with Crippen molar-refractivity contribution >= 4 is 40.6 Å². The second kappa shape index (κ2) is 8.50. The minimum Gasteiger partial charge on any atom is -0.493 e. The van der Waals surface area contributed by atoms with E-state index in [-0.39, 0.29) is 24.6 Å². The number of amides is 1. The highest BCUT2D eigenvalue weighted by Gasteiger charge is 2.24. The Morgan fingerprint density at radius 1 is 1.22 bits per heavy atom. The van der Waals surface area contributed by atoms with Crippen LogP contribution < -0.4 is 10.1 Å². The first kappa shape index (κ1) is 18.7. The Balaban J connectivity index is 1.67. The Hall–Kier alpha value is -3.13. The lowest BCUT2D eigenvalue weighted by atomic mass is 10.2. The fraction of sp³-hybridized carbons (Fsp3) is 0.105. The summed E-state index contributed by atoms with van der Waals surface area (Å²) in [6.07, 6.45) is 1.61. The van der Waals surface area contributed by atoms with Crippen LogP contribution in [0.1, 0.15) is 12.0 Å². The van der Waals surface area contributed by atoms with E-state index in [2.05, 4.69) is 10.3 Å². The number of hydrogen-bond acceptors (Lipinski definition) is 5. The quantitative estimate of drug-likeness (QED) is 0.741. The summed E-state index contributed by atoms with van der Waals surface area (Å²) in [5, 5.41) is 11.5. The number of carbonyl (C=O) groups is 2. The van der Waals surface area contributed by atoms with E-state index in [0.717, 1.165) is 17.3 Å². The van der Waals surface area contributed by atoms with Crippen molar-refractivity contribution in [2.45, 2.75) is 6.42 Å². The number of aliphatic carboxylic acids is 1. The van der Waals surface area contributed by atoms with Gasteiger partial charge >= 0.3 is 5.97 Å². The van der Waals surface area contributed by atoms with Gasteiger partial charge in [0.1, 0.15) is 17.3 Å². The van der Waals surface area contributed by atoms with Gasteiger partial charge in [0.25, 0.3) is 5.91 Å². The molecule has 1 saturated heterocycles. The first-order chi connectivity index (χ1) is 13.0. The van der Waals surface area contributed by atoms with Gasteiger partial charge in [-0.2, -0.15) is 0 Å². The number of para-hydroxylation sites is 1. The third kappa shape index (κ3) is 5.18. The third-order valence-electron chi connectivity index (χ3n) is 3.49. The standard InChI is InChI=1S/C19H15FN2O4S/c20-14-3-1-2-4-15(14)21-19-22-18(25)16(27-19)11-12-5-7-13(8-6-12)26-10-9-17(23)24/h1-8,11H,9-10H2,(H,23,24)(H,21,22,25)/b16-11-. The molecule has 0 radical (unpaired) electrons. The van der Waals surface area contributed by atoms with Crippen LogP contribution in [-0.4, -0.2) is 28.8 Å². The van der Waals surface area contributed by atoms with Crippen molar-refractivity contribution in [2.24, 2.45) is 4.99 Å². The summed E-state index contributed by atoms with van der Waals surface area (Å²) in [5.41, 5.74) is 0.926. The largest absolute Gasteiger partial charge is 0.493 e. The summed E-state index contributed by atoms with van der Waals surface area (Å²) in [7, 11) is 0. The van der Waals surface area contributed by atoms with Crippen LogP contribution in [-0.2, 0) is 9.59 Å². The predicted molar refractivity (Wildman–Crippen MR) is 101 cm³/mol. The number of aliphatic imine (C=N–C) groups is 1. The summed E-state index contributed by atoms with van der Waals surface area (Å²) < 4.78 is 19.0. The molecule has 3 rings (SSSR count). The van der Waals surface area contributed by atoms with Crippen molar-refractivity contribution in [3.05, 3.63) is 64.8 Å². The van der Waals surface area contributed by atoms with Crippen molar-refractivity contribution in [2.75, 3.05) is 6.61 Å². The lowest BCUT2D eigenvalue weighted by Gasteiger charge is -2.04. The van der Waals surface area contributed by atoms with Crippen LogP contribution >= 0.6 is 11.8 Å². The molecule has 0 bridgehead atoms. The summed E-state index contributed by atoms with van der Waals surface area (Å²) >= 11 is 1.13. The fourth-order valence-electron chi connectivity index (χ4n) is 2.20. The molecular weight excluding hydrogens is 371 g/mol. The molecule has 27 heavy (non-hydrogen) atoms. The zero-order chi connectivity index (χ0) is 19.2. The smallest absolute Gasteiger partial charge is 0.306 e. The number of benzene rings is 2. The lowest BCUT2D eigenvalue weighted by Crippen LogP contribution is -2.19. The number of hydrogen-bond donors (Lipinski definition) is 2. The lowest BCUT2D eigenvalue weighted by molar-refractivity contribution is -0.137. The molecule has 6 nitrogen and oxygen atoms in total. The van der Waals surface area contributed by atoms with Gasteiger partial charge in [-0.1, -0.05) is 24.3 Å². The number of carboxylic acid groups (broad SMARTS) is 1. The molecule has 0 spiro atoms. The molecule has 2 aromatic carbocycles. The molecule has 0 atom stereocenters. The normalized spacial score (nSPS) is 16.6. The molecule has 1 aliphatic rings. The van der Waals surface area contributed by atoms with Crippen molar-refractivity contribution in [3.63, 3.8) is 0 Å². The predicted octanol–water partition coefficient (Wildman–Crippen LogP) is 3.57. The average Bonchev–Trinajstić information content (AvgIpc) is 2.97. The highest BCUT2D eigenvalue weighted by atomic mass is 32.2. The molecule has 1 amide bonds. The van der Waals surface area contributed by atoms with E-state index < -0.39 is 11.8 Å². The number of nitrogens with zero attached hydrogens (tertiary/aromatic N) is 1. The van der Waals surface area contributed by atoms with Crippen LogP contribution in [0.2, 0.25) is 0 Å². The van der Waals surface area contributed by atoms with Crippen LogP contribution in [0.3, 0.4) is 0 Å². The number of amidine groups is 1. The Bertz CT molecular complexity index is 926. The number of carboxylic acids is 1. The van der Waals surface area contributed by atoms with Crippen molar-refractivity contribution in [1.29, 1.82) is 0 Å². The minimum atomic E-state index is -0.923. The number of ether oxygens (including phenoxy) is 1. The van der Waals surface area contributed by atoms with Crippen LogP contribution in [0.15, 0.2) is 58.4 Å². The summed E-state index contributed by atoms with van der Waals surface area (Å²) in [6.45, 7) is 0.0872. The molecule has 8 heteroatoms. The molecule has 0 aliphatic carbocycles. The van der Waals surface area contributed by atoms with Gasteiger partial charge in [-0.15, -0.1) is 0 Å². The number of thioether (sulfide) groups is 1. The molecule has 138 valence electrons. The van der Waals surface area contributed by atoms with Crippen LogP contribution in [0.4, 0.5) is 10.1 Å². The van der Waals surface area contributed by atoms with Gasteiger partial charge in [0.05, 0.1) is 17.9 Å². The van der Waals surface area contributed by atoms with E-state index in [0.29, 0.717) is 15.8 Å². The van der Waals surface area contributed by atoms with Crippen molar-refractivity contribution < 1.29 is 23.8 Å². The van der Waals surface area contributed by atoms with E-state index in [1.165, 1.54) is 12.1 Å². The van der Waals surface area contributed by atoms with E-state index in [4.69, 9.17) is 9.84 Å². The topological polar surface area (TPSA) is 88.0 Å². The summed E-state index contributed by atoms with van der Waals surface area (Å²) in [4.78, 5) is 27.1. The Morgan fingerprint density at radius 3 is 2.67 bits per heavy atom. The summed E-state index contributed by atoms with van der Waals surface area (Å²) in [5.74, 6) is -1.15. The molecule has 0 unspecified atom stereocenters. The molecular formula is C19H15FN2O4S. The Kier molecular flexibility index (Phi) is 5.87. The van der Waals surface area contributed by atoms with E-state index >= 15 is 0 Å². The minimum absolute atomic E-state index is 0.0767. The Labute approximate surface area is 158 Å². The maximum Gasteiger partial charge on any atom is 0.306 e. The number of halogens is 1. The number of nitrogens with one attached hydrogen (secondary N) is 1. The summed E-state index contributed by atoms with van der Waals surface area (Å²) in [6, 6.07) is 13.0. The van der Waals surface area contributed by atoms with Crippen LogP contribution in [0.25, 0.3) is 6.08 Å². The first-order valence-electron chi connectivity index (χ1n) is 8.00. The van der Waals surface area contributed by atoms with Gasteiger partial charge in [-0.25, -0.2) is 9.38 Å². The van der Waals surface area contributed by atoms with Gasteiger partial charge in [-0.3, -0.25) is 9.59 Å². The van der Waals surface area contributed by atoms with Gasteiger partial charge in [-0.05, 0) is 47.7 Å². The molecule has 1 aliphatic heterocycles.